The van der Waals surface area contributed by atoms with E-state index in [1.807, 2.05) is 6.92 Å². The predicted molar refractivity (Wildman–Crippen MR) is 101 cm³/mol. The number of rotatable bonds is 6. The first-order valence-corrected chi connectivity index (χ1v) is 9.95. The highest BCUT2D eigenvalue weighted by Gasteiger charge is 2.22. The lowest BCUT2D eigenvalue weighted by Gasteiger charge is -2.16. The molecule has 0 unspecified atom stereocenters. The minimum atomic E-state index is -3.73. The van der Waals surface area contributed by atoms with Gasteiger partial charge < -0.3 is 0 Å². The number of sulfonamides is 1. The number of thiophene rings is 1. The molecule has 1 aromatic heterocycles. The number of nitrogens with one attached hydrogen (secondary N) is 1. The van der Waals surface area contributed by atoms with Crippen molar-refractivity contribution in [3.8, 4) is 0 Å². The molecule has 1 N–H and O–H groups in total. The molecule has 0 radical (unpaired) electrons. The molecule has 0 saturated carbocycles. The Bertz CT molecular complexity index is 890. The van der Waals surface area contributed by atoms with Gasteiger partial charge in [0.15, 0.2) is 0 Å². The van der Waals surface area contributed by atoms with Gasteiger partial charge in [-0.05, 0) is 38.1 Å². The Kier molecular flexibility index (Phi) is 6.34. The largest absolute Gasteiger partial charge is 0.272 e. The van der Waals surface area contributed by atoms with Crippen LogP contribution in [0.3, 0.4) is 0 Å². The summed E-state index contributed by atoms with van der Waals surface area (Å²) in [5.74, 6) is -0.528. The zero-order valence-corrected chi connectivity index (χ0v) is 16.4. The monoisotopic (exact) mass is 399 g/mol. The van der Waals surface area contributed by atoms with Crippen LogP contribution in [0.2, 0.25) is 4.34 Å². The van der Waals surface area contributed by atoms with Crippen molar-refractivity contribution < 1.29 is 13.2 Å². The van der Waals surface area contributed by atoms with Crippen LogP contribution in [-0.4, -0.2) is 37.9 Å². The lowest BCUT2D eigenvalue weighted by molar-refractivity contribution is -0.121. The molecule has 25 heavy (non-hydrogen) atoms. The Hall–Kier alpha value is -1.74. The number of nitrogens with zero attached hydrogens (tertiary/aromatic N) is 2. The summed E-state index contributed by atoms with van der Waals surface area (Å²) < 4.78 is 26.5. The maximum absolute atomic E-state index is 12.4. The van der Waals surface area contributed by atoms with Crippen LogP contribution < -0.4 is 5.43 Å². The fraction of sp³-hybridized carbons (Fsp3) is 0.250. The third-order valence-corrected chi connectivity index (χ3v) is 6.53. The minimum absolute atomic E-state index is 0.140. The smallest absolute Gasteiger partial charge is 0.255 e. The molecule has 0 atom stereocenters. The molecule has 0 aliphatic carbocycles. The van der Waals surface area contributed by atoms with Crippen LogP contribution in [0, 0.1) is 6.92 Å². The summed E-state index contributed by atoms with van der Waals surface area (Å²) in [6.45, 7) is 3.27. The number of carbonyl (C=O) groups is 1. The van der Waals surface area contributed by atoms with Crippen LogP contribution in [0.25, 0.3) is 0 Å². The van der Waals surface area contributed by atoms with E-state index in [-0.39, 0.29) is 11.4 Å². The van der Waals surface area contributed by atoms with Gasteiger partial charge in [-0.1, -0.05) is 29.3 Å². The van der Waals surface area contributed by atoms with Gasteiger partial charge in [-0.2, -0.15) is 9.41 Å². The number of likely N-dealkylation sites (N-methyl/N-ethyl adjacent to an activating group) is 1. The van der Waals surface area contributed by atoms with Crippen LogP contribution >= 0.6 is 22.9 Å². The zero-order valence-electron chi connectivity index (χ0n) is 14.0. The molecule has 134 valence electrons. The van der Waals surface area contributed by atoms with Gasteiger partial charge >= 0.3 is 0 Å². The van der Waals surface area contributed by atoms with Crippen molar-refractivity contribution in [3.63, 3.8) is 0 Å². The summed E-state index contributed by atoms with van der Waals surface area (Å²) in [5.41, 5.74) is 3.91. The molecule has 0 aliphatic heterocycles. The predicted octanol–water partition coefficient (Wildman–Crippen LogP) is 2.87. The van der Waals surface area contributed by atoms with E-state index in [1.54, 1.807) is 31.2 Å². The summed E-state index contributed by atoms with van der Waals surface area (Å²) in [6, 6.07) is 9.99. The van der Waals surface area contributed by atoms with Gasteiger partial charge in [0.1, 0.15) is 0 Å². The fourth-order valence-corrected chi connectivity index (χ4v) is 4.04. The molecule has 1 aromatic carbocycles. The second kappa shape index (κ2) is 8.09. The SMILES string of the molecule is C/C(=N/NC(=O)CN(C)S(=O)(=O)c1ccc(C)cc1)c1ccc(Cl)s1. The molecule has 0 saturated heterocycles. The number of benzene rings is 1. The second-order valence-corrected chi connectivity index (χ2v) is 9.17. The number of hydrazone groups is 1. The number of aryl methyl sites for hydroxylation is 1. The highest BCUT2D eigenvalue weighted by molar-refractivity contribution is 7.89. The van der Waals surface area contributed by atoms with Crippen molar-refractivity contribution in [3.05, 3.63) is 51.2 Å². The molecule has 0 spiro atoms. The minimum Gasteiger partial charge on any atom is -0.272 e. The third-order valence-electron chi connectivity index (χ3n) is 3.37. The Balaban J connectivity index is 2.00. The van der Waals surface area contributed by atoms with E-state index in [0.717, 1.165) is 14.7 Å². The molecular formula is C16H18ClN3O3S2. The maximum atomic E-state index is 12.4. The van der Waals surface area contributed by atoms with Crippen LogP contribution in [0.15, 0.2) is 46.4 Å². The van der Waals surface area contributed by atoms with Crippen molar-refractivity contribution in [2.45, 2.75) is 18.7 Å². The Labute approximate surface area is 156 Å². The number of hydrogen-bond acceptors (Lipinski definition) is 5. The first kappa shape index (κ1) is 19.6. The second-order valence-electron chi connectivity index (χ2n) is 5.41. The van der Waals surface area contributed by atoms with Gasteiger partial charge in [-0.15, -0.1) is 11.3 Å². The molecule has 1 amide bonds. The molecule has 6 nitrogen and oxygen atoms in total. The first-order chi connectivity index (χ1) is 11.7. The molecule has 2 rings (SSSR count). The first-order valence-electron chi connectivity index (χ1n) is 7.32. The summed E-state index contributed by atoms with van der Waals surface area (Å²) in [5, 5.41) is 3.97. The number of hydrogen-bond donors (Lipinski definition) is 1. The molecular weight excluding hydrogens is 382 g/mol. The number of halogens is 1. The van der Waals surface area contributed by atoms with Crippen molar-refractivity contribution in [1.29, 1.82) is 0 Å². The van der Waals surface area contributed by atoms with Gasteiger partial charge in [0.25, 0.3) is 5.91 Å². The molecule has 9 heteroatoms. The number of carbonyl (C=O) groups excluding carboxylic acids is 1. The normalized spacial score (nSPS) is 12.4. The lowest BCUT2D eigenvalue weighted by atomic mass is 10.2. The van der Waals surface area contributed by atoms with Crippen molar-refractivity contribution in [2.75, 3.05) is 13.6 Å². The van der Waals surface area contributed by atoms with Gasteiger partial charge in [0, 0.05) is 7.05 Å². The van der Waals surface area contributed by atoms with Crippen molar-refractivity contribution in [1.82, 2.24) is 9.73 Å². The molecule has 2 aromatic rings. The Morgan fingerprint density at radius 2 is 1.88 bits per heavy atom. The van der Waals surface area contributed by atoms with Crippen LogP contribution in [0.5, 0.6) is 0 Å². The standard InChI is InChI=1S/C16H18ClN3O3S2/c1-11-4-6-13(7-5-11)25(22,23)20(3)10-16(21)19-18-12(2)14-8-9-15(17)24-14/h4-9H,10H2,1-3H3,(H,19,21)/b18-12-. The van der Waals surface area contributed by atoms with Crippen LogP contribution in [0.1, 0.15) is 17.4 Å². The van der Waals surface area contributed by atoms with Gasteiger partial charge in [-0.25, -0.2) is 13.8 Å². The van der Waals surface area contributed by atoms with Gasteiger partial charge in [0.05, 0.1) is 26.4 Å². The van der Waals surface area contributed by atoms with Crippen molar-refractivity contribution in [2.24, 2.45) is 5.10 Å². The highest BCUT2D eigenvalue weighted by atomic mass is 35.5. The van der Waals surface area contributed by atoms with Crippen LogP contribution in [0.4, 0.5) is 0 Å². The Morgan fingerprint density at radius 3 is 2.44 bits per heavy atom. The average molecular weight is 400 g/mol. The van der Waals surface area contributed by atoms with E-state index in [9.17, 15) is 13.2 Å². The molecule has 1 heterocycles. The topological polar surface area (TPSA) is 78.8 Å². The zero-order chi connectivity index (χ0) is 18.6. The van der Waals surface area contributed by atoms with Crippen molar-refractivity contribution >= 4 is 44.6 Å². The van der Waals surface area contributed by atoms with E-state index in [1.165, 1.54) is 30.5 Å². The lowest BCUT2D eigenvalue weighted by Crippen LogP contribution is -2.36. The van der Waals surface area contributed by atoms with Gasteiger partial charge in [-0.3, -0.25) is 4.79 Å². The molecule has 0 bridgehead atoms. The fourth-order valence-electron chi connectivity index (χ4n) is 1.92. The molecule has 0 aliphatic rings. The maximum Gasteiger partial charge on any atom is 0.255 e. The van der Waals surface area contributed by atoms with Crippen LogP contribution in [-0.2, 0) is 14.8 Å². The average Bonchev–Trinajstić information content (AvgIpc) is 2.99. The quantitative estimate of drug-likeness (QED) is 0.599. The summed E-state index contributed by atoms with van der Waals surface area (Å²) >= 11 is 7.20. The molecule has 0 fully saturated rings. The summed E-state index contributed by atoms with van der Waals surface area (Å²) in [6.07, 6.45) is 0. The summed E-state index contributed by atoms with van der Waals surface area (Å²) in [4.78, 5) is 12.9. The van der Waals surface area contributed by atoms with E-state index in [0.29, 0.717) is 10.0 Å². The summed E-state index contributed by atoms with van der Waals surface area (Å²) in [7, 11) is -2.38. The van der Waals surface area contributed by atoms with E-state index in [4.69, 9.17) is 11.6 Å². The van der Waals surface area contributed by atoms with Gasteiger partial charge in [0.2, 0.25) is 10.0 Å². The Morgan fingerprint density at radius 1 is 1.24 bits per heavy atom. The number of amides is 1. The highest BCUT2D eigenvalue weighted by Crippen LogP contribution is 2.21. The van der Waals surface area contributed by atoms with E-state index < -0.39 is 15.9 Å². The third kappa shape index (κ3) is 5.12. The van der Waals surface area contributed by atoms with E-state index in [2.05, 4.69) is 10.5 Å². The van der Waals surface area contributed by atoms with E-state index >= 15 is 0 Å².